The molecule has 0 aromatic heterocycles. The smallest absolute Gasteiger partial charge is 0.326 e. The third-order valence-electron chi connectivity index (χ3n) is 14.7. The van der Waals surface area contributed by atoms with Crippen molar-refractivity contribution in [3.63, 3.8) is 0 Å². The van der Waals surface area contributed by atoms with Gasteiger partial charge in [0.2, 0.25) is 53.2 Å². The first-order valence-corrected chi connectivity index (χ1v) is 30.5. The van der Waals surface area contributed by atoms with Gasteiger partial charge in [-0.15, -0.1) is 0 Å². The van der Waals surface area contributed by atoms with Crippen molar-refractivity contribution < 1.29 is 73.2 Å². The Balaban J connectivity index is 2.54. The quantitative estimate of drug-likeness (QED) is 0.0389. The number of amides is 9. The molecule has 27 heteroatoms. The van der Waals surface area contributed by atoms with Crippen LogP contribution in [0, 0.1) is 17.8 Å². The van der Waals surface area contributed by atoms with Gasteiger partial charge in [-0.2, -0.15) is 0 Å². The van der Waals surface area contributed by atoms with E-state index in [-0.39, 0.29) is 56.7 Å². The Morgan fingerprint density at radius 2 is 0.898 bits per heavy atom. The molecular formula is C61H98N12O15. The zero-order chi connectivity index (χ0) is 66.0. The summed E-state index contributed by atoms with van der Waals surface area (Å²) in [6.45, 7) is 11.7. The van der Waals surface area contributed by atoms with Gasteiger partial charge in [-0.1, -0.05) is 117 Å². The maximum atomic E-state index is 14.7. The number of phenolic OH excluding ortho intramolecular Hbond substituents is 1. The van der Waals surface area contributed by atoms with Gasteiger partial charge in [0.25, 0.3) is 0 Å². The van der Waals surface area contributed by atoms with Crippen molar-refractivity contribution in [2.45, 2.75) is 205 Å². The van der Waals surface area contributed by atoms with Gasteiger partial charge in [0, 0.05) is 19.3 Å². The molecule has 2 aromatic carbocycles. The molecule has 0 aliphatic rings. The Labute approximate surface area is 515 Å². The third kappa shape index (κ3) is 28.0. The van der Waals surface area contributed by atoms with Crippen molar-refractivity contribution in [3.05, 3.63) is 65.7 Å². The molecule has 0 saturated carbocycles. The highest BCUT2D eigenvalue weighted by atomic mass is 16.4. The largest absolute Gasteiger partial charge is 0.508 e. The molecule has 9 amide bonds. The molecule has 0 radical (unpaired) electrons. The minimum absolute atomic E-state index is 0.0694. The number of nitrogens with two attached hydrogens (primary N) is 3. The predicted molar refractivity (Wildman–Crippen MR) is 328 cm³/mol. The van der Waals surface area contributed by atoms with Crippen LogP contribution in [0.1, 0.15) is 143 Å². The minimum Gasteiger partial charge on any atom is -0.508 e. The van der Waals surface area contributed by atoms with E-state index in [9.17, 15) is 73.2 Å². The number of carboxylic acids is 2. The van der Waals surface area contributed by atoms with E-state index in [1.165, 1.54) is 24.3 Å². The number of rotatable bonds is 43. The van der Waals surface area contributed by atoms with Crippen LogP contribution in [0.2, 0.25) is 0 Å². The number of carbonyl (C=O) groups is 11. The molecule has 0 saturated heterocycles. The van der Waals surface area contributed by atoms with Crippen LogP contribution in [0.3, 0.4) is 0 Å². The maximum absolute atomic E-state index is 14.7. The first kappa shape index (κ1) is 76.3. The topological polar surface area (TPSA) is 455 Å². The number of phenols is 1. The normalized spacial score (nSPS) is 15.0. The fourth-order valence-corrected chi connectivity index (χ4v) is 9.27. The van der Waals surface area contributed by atoms with Crippen molar-refractivity contribution in [3.8, 4) is 5.75 Å². The van der Waals surface area contributed by atoms with Gasteiger partial charge >= 0.3 is 11.9 Å². The van der Waals surface area contributed by atoms with Crippen LogP contribution < -0.4 is 65.1 Å². The molecule has 27 nitrogen and oxygen atoms in total. The van der Waals surface area contributed by atoms with Crippen LogP contribution in [0.5, 0.6) is 5.75 Å². The van der Waals surface area contributed by atoms with E-state index in [1.54, 1.807) is 71.9 Å². The highest BCUT2D eigenvalue weighted by Crippen LogP contribution is 2.16. The van der Waals surface area contributed by atoms with Crippen molar-refractivity contribution in [2.75, 3.05) is 19.7 Å². The second kappa shape index (κ2) is 40.7. The lowest BCUT2D eigenvalue weighted by molar-refractivity contribution is -0.143. The summed E-state index contributed by atoms with van der Waals surface area (Å²) in [4.78, 5) is 151. The molecule has 0 aliphatic carbocycles. The summed E-state index contributed by atoms with van der Waals surface area (Å²) in [5, 5.41) is 63.3. The molecule has 0 fully saturated rings. The van der Waals surface area contributed by atoms with Gasteiger partial charge in [-0.25, -0.2) is 4.79 Å². The van der Waals surface area contributed by atoms with Crippen molar-refractivity contribution >= 4 is 65.1 Å². The Kier molecular flexibility index (Phi) is 35.3. The lowest BCUT2D eigenvalue weighted by Gasteiger charge is -2.30. The molecule has 88 heavy (non-hydrogen) atoms. The summed E-state index contributed by atoms with van der Waals surface area (Å²) < 4.78 is 0. The van der Waals surface area contributed by atoms with E-state index in [4.69, 9.17) is 17.2 Å². The standard InChI is InChI=1S/C61H98N12O15/c1-8-10-21-44(61(87)88)67-59(85)50(36(5)6)72-57(83)47(33-39-23-25-40(75)26-24-39)69-56(82)46(32-38-18-12-11-13-19-38)70-60(86)51(37(7)9-2)73-54(80)42(22-15-17-30-63)65-53(79)43(27-28-49(76)77)66-58(84)48(34-74)71-55(81)45(31-35(3)4)68-52(78)41(64)20-14-16-29-62/h11-13,18-19,23-26,35-37,41-48,50-51,74-75H,8-10,14-17,20-22,27-34,62-64H2,1-7H3,(H,65,79)(H,66,84)(H,67,85)(H,68,78)(H,69,82)(H,70,86)(H,71,81)(H,72,83)(H,73,80)(H,76,77)(H,87,88)/t37-,41-,42-,43-,44-,45-,46-,47-,48-,50-,51-/m0/s1. The molecule has 0 spiro atoms. The van der Waals surface area contributed by atoms with Crippen molar-refractivity contribution in [1.82, 2.24) is 47.9 Å². The summed E-state index contributed by atoms with van der Waals surface area (Å²) in [6.07, 6.45) is 2.27. The van der Waals surface area contributed by atoms with E-state index >= 15 is 0 Å². The number of nitrogens with one attached hydrogen (secondary N) is 9. The van der Waals surface area contributed by atoms with Crippen LogP contribution in [0.25, 0.3) is 0 Å². The summed E-state index contributed by atoms with van der Waals surface area (Å²) in [5.74, 6) is -11.8. The molecule has 2 rings (SSSR count). The van der Waals surface area contributed by atoms with Gasteiger partial charge in [0.05, 0.1) is 12.6 Å². The van der Waals surface area contributed by atoms with Gasteiger partial charge in [-0.3, -0.25) is 47.9 Å². The summed E-state index contributed by atoms with van der Waals surface area (Å²) >= 11 is 0. The van der Waals surface area contributed by atoms with Crippen molar-refractivity contribution in [2.24, 2.45) is 35.0 Å². The average molecular weight is 1240 g/mol. The fraction of sp³-hybridized carbons (Fsp3) is 0.623. The highest BCUT2D eigenvalue weighted by molar-refractivity contribution is 5.99. The Morgan fingerprint density at radius 1 is 0.466 bits per heavy atom. The molecule has 11 atom stereocenters. The predicted octanol–water partition coefficient (Wildman–Crippen LogP) is 0.00600. The first-order chi connectivity index (χ1) is 41.7. The Hall–Kier alpha value is -7.75. The van der Waals surface area contributed by atoms with Gasteiger partial charge in [0.15, 0.2) is 0 Å². The number of aromatic hydroxyl groups is 1. The first-order valence-electron chi connectivity index (χ1n) is 30.5. The number of aliphatic hydroxyl groups excluding tert-OH is 1. The van der Waals surface area contributed by atoms with E-state index in [0.717, 1.165) is 0 Å². The van der Waals surface area contributed by atoms with Crippen molar-refractivity contribution in [1.29, 1.82) is 0 Å². The minimum atomic E-state index is -1.71. The van der Waals surface area contributed by atoms with E-state index in [0.29, 0.717) is 62.6 Å². The SMILES string of the molecule is CCCC[C@H](NC(=O)[C@@H](NC(=O)[C@H](Cc1ccc(O)cc1)NC(=O)[C@H](Cc1ccccc1)NC(=O)[C@@H](NC(=O)[C@H](CCCCN)NC(=O)[C@H](CCC(=O)O)NC(=O)[C@H](CO)NC(=O)[C@H](CC(C)C)NC(=O)[C@@H](N)CCCCN)[C@@H](C)CC)C(C)C)C(=O)O. The molecule has 2 aromatic rings. The monoisotopic (exact) mass is 1240 g/mol. The van der Waals surface area contributed by atoms with Gasteiger partial charge in [-0.05, 0) is 105 Å². The van der Waals surface area contributed by atoms with Gasteiger partial charge < -0.3 is 85.5 Å². The van der Waals surface area contributed by atoms with Crippen LogP contribution in [-0.2, 0) is 65.6 Å². The number of benzene rings is 2. The molecule has 19 N–H and O–H groups in total. The number of carbonyl (C=O) groups excluding carboxylic acids is 9. The molecule has 0 bridgehead atoms. The Bertz CT molecular complexity index is 2560. The molecule has 492 valence electrons. The number of hydrogen-bond donors (Lipinski definition) is 16. The second-order valence-electron chi connectivity index (χ2n) is 23.0. The van der Waals surface area contributed by atoms with E-state index in [2.05, 4.69) is 47.9 Å². The summed E-state index contributed by atoms with van der Waals surface area (Å²) in [5.41, 5.74) is 18.5. The lowest BCUT2D eigenvalue weighted by Crippen LogP contribution is -2.62. The summed E-state index contributed by atoms with van der Waals surface area (Å²) in [7, 11) is 0. The number of unbranched alkanes of at least 4 members (excludes halogenated alkanes) is 3. The maximum Gasteiger partial charge on any atom is 0.326 e. The van der Waals surface area contributed by atoms with Crippen LogP contribution in [0.15, 0.2) is 54.6 Å². The number of aliphatic hydroxyl groups is 1. The fourth-order valence-electron chi connectivity index (χ4n) is 9.27. The molecule has 0 unspecified atom stereocenters. The van der Waals surface area contributed by atoms with Crippen LogP contribution in [0.4, 0.5) is 0 Å². The van der Waals surface area contributed by atoms with E-state index < -0.39 is 157 Å². The van der Waals surface area contributed by atoms with E-state index in [1.807, 2.05) is 6.92 Å². The van der Waals surface area contributed by atoms with Gasteiger partial charge in [0.1, 0.15) is 60.1 Å². The number of aliphatic carboxylic acids is 2. The average Bonchev–Trinajstić information content (AvgIpc) is 2.78. The van der Waals surface area contributed by atoms with Crippen LogP contribution in [-0.4, -0.2) is 166 Å². The van der Waals surface area contributed by atoms with Crippen LogP contribution >= 0.6 is 0 Å². The third-order valence-corrected chi connectivity index (χ3v) is 14.7. The number of carboxylic acid groups (broad SMARTS) is 2. The zero-order valence-corrected chi connectivity index (χ0v) is 51.9. The molecular weight excluding hydrogens is 1140 g/mol. The molecule has 0 heterocycles. The Morgan fingerprint density at radius 3 is 1.42 bits per heavy atom. The highest BCUT2D eigenvalue weighted by Gasteiger charge is 2.37. The summed E-state index contributed by atoms with van der Waals surface area (Å²) in [6, 6.07) is 0.631. The number of hydrogen-bond acceptors (Lipinski definition) is 16. The molecule has 0 aliphatic heterocycles. The second-order valence-corrected chi connectivity index (χ2v) is 23.0. The lowest BCUT2D eigenvalue weighted by atomic mass is 9.96. The zero-order valence-electron chi connectivity index (χ0n) is 51.9.